The summed E-state index contributed by atoms with van der Waals surface area (Å²) < 4.78 is 75.9. The number of unbranched alkanes of at least 4 members (excludes halogenated alkanes) is 2. The third kappa shape index (κ3) is 23.4. The summed E-state index contributed by atoms with van der Waals surface area (Å²) in [5, 5.41) is 30.8. The number of aromatic nitrogens is 4. The van der Waals surface area contributed by atoms with Crippen molar-refractivity contribution < 1.29 is 89.0 Å². The van der Waals surface area contributed by atoms with Gasteiger partial charge in [0.05, 0.1) is 63.3 Å². The first kappa shape index (κ1) is 88.2. The number of ether oxygens (including phenoxy) is 3. The van der Waals surface area contributed by atoms with Gasteiger partial charge in [-0.15, -0.1) is 0 Å². The Morgan fingerprint density at radius 3 is 2.18 bits per heavy atom. The lowest BCUT2D eigenvalue weighted by Gasteiger charge is -2.35. The van der Waals surface area contributed by atoms with Crippen LogP contribution in [0.5, 0.6) is 0 Å². The second-order valence-electron chi connectivity index (χ2n) is 30.6. The highest BCUT2D eigenvalue weighted by Crippen LogP contribution is 2.45. The van der Waals surface area contributed by atoms with Crippen molar-refractivity contribution in [1.82, 2.24) is 56.2 Å². The summed E-state index contributed by atoms with van der Waals surface area (Å²) in [7, 11) is -2.20. The van der Waals surface area contributed by atoms with Crippen LogP contribution in [0.25, 0.3) is 32.5 Å². The number of amides is 11. The number of β-amino-alcohol motifs (C(OH)–C–C–N with tert-alkyl or cyclic N) is 1. The van der Waals surface area contributed by atoms with Crippen molar-refractivity contribution >= 4 is 108 Å². The molecule has 36 heteroatoms. The Kier molecular flexibility index (Phi) is 29.9. The maximum atomic E-state index is 15.6. The second-order valence-corrected chi connectivity index (χ2v) is 33.6. The van der Waals surface area contributed by atoms with E-state index in [1.54, 1.807) is 77.5 Å². The summed E-state index contributed by atoms with van der Waals surface area (Å²) in [6.07, 6.45) is 8.53. The van der Waals surface area contributed by atoms with Gasteiger partial charge in [-0.3, -0.25) is 52.8 Å². The van der Waals surface area contributed by atoms with E-state index in [9.17, 15) is 70.7 Å². The average molecular weight is 1660 g/mol. The molecule has 3 aliphatic heterocycles. The van der Waals surface area contributed by atoms with E-state index in [0.29, 0.717) is 66.1 Å². The fraction of sp³-hybridized carbons (Fsp3) is 0.444. The number of nitrogens with two attached hydrogens (primary N) is 1. The van der Waals surface area contributed by atoms with Crippen molar-refractivity contribution in [3.63, 3.8) is 0 Å². The topological polar surface area (TPSA) is 427 Å². The molecule has 0 bridgehead atoms. The number of benzene rings is 3. The predicted octanol–water partition coefficient (Wildman–Crippen LogP) is 4.86. The van der Waals surface area contributed by atoms with Crippen LogP contribution in [0.2, 0.25) is 0 Å². The number of carbonyl (C=O) groups is 10. The Bertz CT molecular complexity index is 5050. The molecule has 0 saturated carbocycles. The molecule has 11 amide bonds. The van der Waals surface area contributed by atoms with Crippen molar-refractivity contribution in [3.8, 4) is 21.6 Å². The Morgan fingerprint density at radius 2 is 1.50 bits per heavy atom. The number of H-pyrrole nitrogens is 1. The van der Waals surface area contributed by atoms with Crippen LogP contribution in [0.4, 0.5) is 30.8 Å². The minimum absolute atomic E-state index is 0.0109. The third-order valence-corrected chi connectivity index (χ3v) is 22.0. The number of nitrogens with one attached hydrogen (secondary N) is 8. The molecule has 4 aromatic heterocycles. The van der Waals surface area contributed by atoms with Crippen LogP contribution in [0.15, 0.2) is 108 Å². The summed E-state index contributed by atoms with van der Waals surface area (Å²) in [6, 6.07) is 13.7. The molecule has 626 valence electrons. The van der Waals surface area contributed by atoms with Gasteiger partial charge in [0.1, 0.15) is 47.0 Å². The second kappa shape index (κ2) is 39.6. The molecule has 0 unspecified atom stereocenters. The number of imide groups is 1. The number of urea groups is 1. The predicted molar refractivity (Wildman–Crippen MR) is 430 cm³/mol. The summed E-state index contributed by atoms with van der Waals surface area (Å²) in [5.41, 5.74) is 12.2. The number of aliphatic hydroxyl groups excluding tert-OH is 1. The number of hydrogen-bond acceptors (Lipinski definition) is 20. The fourth-order valence-electron chi connectivity index (χ4n) is 14.0. The van der Waals surface area contributed by atoms with E-state index in [4.69, 9.17) is 19.9 Å². The van der Waals surface area contributed by atoms with Crippen molar-refractivity contribution in [2.75, 3.05) is 82.3 Å². The molecule has 10 rings (SSSR count). The molecule has 0 radical (unpaired) electrons. The molecule has 7 heterocycles. The lowest BCUT2D eigenvalue weighted by molar-refractivity contribution is -0.689. The number of aliphatic hydroxyl groups is 1. The number of hydrogen-bond donors (Lipinski definition) is 10. The number of carbonyl (C=O) groups excluding carboxylic acids is 10. The van der Waals surface area contributed by atoms with E-state index in [1.807, 2.05) is 48.8 Å². The Balaban J connectivity index is 0.642. The number of pyridine rings is 2. The van der Waals surface area contributed by atoms with Gasteiger partial charge in [-0.25, -0.2) is 27.0 Å². The smallest absolute Gasteiger partial charge is 0.312 e. The van der Waals surface area contributed by atoms with Crippen LogP contribution in [-0.4, -0.2) is 199 Å². The number of sulfone groups is 1. The Morgan fingerprint density at radius 1 is 0.812 bits per heavy atom. The number of primary amides is 1. The lowest BCUT2D eigenvalue weighted by atomic mass is 9.85. The molecule has 0 aliphatic carbocycles. The highest BCUT2D eigenvalue weighted by Gasteiger charge is 2.45. The molecular weight excluding hydrogens is 1560 g/mol. The van der Waals surface area contributed by atoms with E-state index in [0.717, 1.165) is 44.6 Å². The van der Waals surface area contributed by atoms with E-state index in [-0.39, 0.29) is 149 Å². The molecule has 11 N–H and O–H groups in total. The van der Waals surface area contributed by atoms with Crippen LogP contribution >= 0.6 is 11.3 Å². The Labute approximate surface area is 678 Å². The summed E-state index contributed by atoms with van der Waals surface area (Å²) in [5.74, 6) is -7.58. The van der Waals surface area contributed by atoms with E-state index >= 15 is 4.39 Å². The fourth-order valence-corrected chi connectivity index (χ4v) is 15.8. The van der Waals surface area contributed by atoms with E-state index in [2.05, 4.69) is 51.8 Å². The lowest BCUT2D eigenvalue weighted by Crippen LogP contribution is -2.58. The van der Waals surface area contributed by atoms with Gasteiger partial charge in [-0.2, -0.15) is 4.57 Å². The number of anilines is 3. The number of thiazole rings is 1. The van der Waals surface area contributed by atoms with Crippen molar-refractivity contribution in [2.24, 2.45) is 24.1 Å². The van der Waals surface area contributed by atoms with Gasteiger partial charge in [0.15, 0.2) is 33.7 Å². The van der Waals surface area contributed by atoms with Crippen LogP contribution in [0, 0.1) is 29.9 Å². The average Bonchev–Trinajstić information content (AvgIpc) is 1.59. The first-order valence-electron chi connectivity index (χ1n) is 38.5. The zero-order valence-electron chi connectivity index (χ0n) is 66.4. The van der Waals surface area contributed by atoms with Crippen LogP contribution in [0.1, 0.15) is 118 Å². The molecular formula is C81H100F2N15O17S2+. The van der Waals surface area contributed by atoms with Gasteiger partial charge in [0.2, 0.25) is 41.0 Å². The summed E-state index contributed by atoms with van der Waals surface area (Å²) in [4.78, 5) is 157. The minimum atomic E-state index is -3.75. The minimum Gasteiger partial charge on any atom is -0.391 e. The van der Waals surface area contributed by atoms with Crippen molar-refractivity contribution in [3.05, 3.63) is 158 Å². The number of rotatable bonds is 39. The van der Waals surface area contributed by atoms with Gasteiger partial charge in [-0.05, 0) is 83.5 Å². The number of aryl methyl sites for hydroxylation is 1. The highest BCUT2D eigenvalue weighted by atomic mass is 32.2. The van der Waals surface area contributed by atoms with Crippen LogP contribution in [0.3, 0.4) is 0 Å². The first-order valence-corrected chi connectivity index (χ1v) is 41.4. The Hall–Kier alpha value is -11.2. The molecule has 0 spiro atoms. The molecule has 1 saturated heterocycles. The monoisotopic (exact) mass is 1660 g/mol. The number of likely N-dealkylation sites (tertiary alicyclic amines) is 1. The third-order valence-electron chi connectivity index (χ3n) is 20.1. The SMILES string of the molecule is Cc1c(-c2ccc(CNC(=O)[C@@H]3C[C@@H](O)CN3C(=O)[C@@H](NC(=O)COCCOCCOCCNC(=O)c3cc4c(cc3CS(C)(=O)=O)-c3cn(C)c(=O)c5[nH]cc(c35)CN4c3ncc(F)cc3F)C(C)(C)C)cc2)sc[n+]1Cc1ccc(NC(=O)[C@H](CCCNC(N)=O)NC(=O)[C@@H](NC(=O)CCCCCN2C(=O)C=CC2=O)C(C)C)cc1. The summed E-state index contributed by atoms with van der Waals surface area (Å²) in [6.45, 7) is 11.4. The van der Waals surface area contributed by atoms with Crippen molar-refractivity contribution in [2.45, 2.75) is 142 Å². The molecule has 1 fully saturated rings. The number of fused-ring (bicyclic) bond motifs is 2. The number of aromatic amines is 1. The maximum Gasteiger partial charge on any atom is 0.312 e. The number of halogens is 2. The molecule has 117 heavy (non-hydrogen) atoms. The van der Waals surface area contributed by atoms with E-state index < -0.39 is 111 Å². The van der Waals surface area contributed by atoms with Crippen molar-refractivity contribution in [1.29, 1.82) is 0 Å². The molecule has 7 aromatic rings. The van der Waals surface area contributed by atoms with Gasteiger partial charge < -0.3 is 81.6 Å². The van der Waals surface area contributed by atoms with Gasteiger partial charge in [0.25, 0.3) is 23.3 Å². The zero-order valence-corrected chi connectivity index (χ0v) is 68.1. The highest BCUT2D eigenvalue weighted by molar-refractivity contribution is 7.89. The van der Waals surface area contributed by atoms with Gasteiger partial charge in [-0.1, -0.05) is 88.8 Å². The molecule has 32 nitrogen and oxygen atoms in total. The number of nitrogens with zero attached hydrogens (tertiary/aromatic N) is 6. The first-order chi connectivity index (χ1) is 55.6. The zero-order chi connectivity index (χ0) is 84.6. The largest absolute Gasteiger partial charge is 0.391 e. The normalized spacial score (nSPS) is 15.4. The molecule has 5 atom stereocenters. The van der Waals surface area contributed by atoms with Crippen LogP contribution in [-0.2, 0) is 94.8 Å². The molecule has 3 aliphatic rings. The molecule has 3 aromatic carbocycles. The van der Waals surface area contributed by atoms with Gasteiger partial charge >= 0.3 is 6.03 Å². The maximum absolute atomic E-state index is 15.6. The van der Waals surface area contributed by atoms with E-state index in [1.165, 1.54) is 38.7 Å². The standard InChI is InChI=1S/C81H99F2N15O17S2/c1-47(2)69(92-64(100)14-10-9-11-27-96-66(102)23-24-67(96)103)77(107)91-61(13-12-25-86-80(84)110)75(105)90-55-21-17-50(18-22-55)40-95-46-116-71(48(95)3)51-19-15-49(16-20-51)37-89-76(106)63-35-56(99)42-98(63)79(109)72(81(4,5)6)93-65(101)44-115-32-31-114-30-29-113-28-26-85-74(104)57-36-62-58(33-52(57)45-117(8,111)112)59-43-94(7)78(108)70-68(59)53(38-87-70)41-97(62)73-60(83)34-54(82)39-88-73/h15-24,33-34,36,38-39,43,46-47,56,61,63,69,72,99H,9-14,25-32,35,37,40-42,44-45H2,1-8H3,(H9-,84,85,86,87,89,90,91,92,93,100,101,104,105,106,107,108,110)/p+1/t56-,61+,63+,69+,72-/m1/s1. The van der Waals surface area contributed by atoms with Gasteiger partial charge in [0, 0.05) is 130 Å². The summed E-state index contributed by atoms with van der Waals surface area (Å²) >= 11 is 1.55. The quantitative estimate of drug-likeness (QED) is 0.0140. The van der Waals surface area contributed by atoms with Crippen LogP contribution < -0.4 is 58.0 Å².